The molecule has 1 aromatic heterocycles. The Bertz CT molecular complexity index is 1240. The van der Waals surface area contributed by atoms with Crippen LogP contribution in [0.1, 0.15) is 75.8 Å². The molecule has 2 aromatic rings. The van der Waals surface area contributed by atoms with Crippen molar-refractivity contribution >= 4 is 43.4 Å². The zero-order chi connectivity index (χ0) is 26.5. The van der Waals surface area contributed by atoms with E-state index in [-0.39, 0.29) is 31.2 Å². The molecule has 1 heterocycles. The lowest BCUT2D eigenvalue weighted by atomic mass is 9.68. The second-order valence-corrected chi connectivity index (χ2v) is 12.5. The largest absolute Gasteiger partial charge is 0.368 e. The molecule has 10 heteroatoms. The van der Waals surface area contributed by atoms with E-state index < -0.39 is 27.4 Å². The molecule has 3 rings (SSSR count). The zero-order valence-corrected chi connectivity index (χ0v) is 22.8. The molecule has 1 aliphatic rings. The number of carbonyl (C=O) groups is 2. The van der Waals surface area contributed by atoms with Crippen LogP contribution in [0.15, 0.2) is 18.2 Å². The van der Waals surface area contributed by atoms with Crippen molar-refractivity contribution in [3.8, 4) is 11.7 Å². The number of benzene rings is 1. The monoisotopic (exact) mass is 532 g/mol. The van der Waals surface area contributed by atoms with Crippen LogP contribution < -0.4 is 15.8 Å². The van der Waals surface area contributed by atoms with Crippen LogP contribution in [0.2, 0.25) is 0 Å². The van der Waals surface area contributed by atoms with Gasteiger partial charge in [0.15, 0.2) is 0 Å². The molecule has 8 nitrogen and oxygen atoms in total. The predicted octanol–water partition coefficient (Wildman–Crippen LogP) is 3.42. The van der Waals surface area contributed by atoms with Gasteiger partial charge >= 0.3 is 0 Å². The van der Waals surface area contributed by atoms with Crippen molar-refractivity contribution in [2.75, 3.05) is 6.54 Å². The number of amides is 2. The van der Waals surface area contributed by atoms with Crippen LogP contribution in [0.25, 0.3) is 10.2 Å². The molecule has 0 bridgehead atoms. The fourth-order valence-electron chi connectivity index (χ4n) is 5.12. The number of primary amides is 1. The Balaban J connectivity index is 2.10. The lowest BCUT2D eigenvalue weighted by molar-refractivity contribution is -0.135. The number of nitrogens with one attached hydrogen (secondary N) is 2. The number of carbonyl (C=O) groups excluding carboxylic acids is 2. The summed E-state index contributed by atoms with van der Waals surface area (Å²) in [4.78, 5) is 30.8. The summed E-state index contributed by atoms with van der Waals surface area (Å²) in [6.07, 6.45) is 9.99. The van der Waals surface area contributed by atoms with Crippen molar-refractivity contribution in [1.29, 1.82) is 0 Å². The highest BCUT2D eigenvalue weighted by Crippen LogP contribution is 2.39. The maximum atomic E-state index is 13.3. The summed E-state index contributed by atoms with van der Waals surface area (Å²) in [5.74, 6) is -1.30. The van der Waals surface area contributed by atoms with Gasteiger partial charge in [-0.2, -0.15) is 8.42 Å². The second-order valence-electron chi connectivity index (χ2n) is 9.88. The third-order valence-electron chi connectivity index (χ3n) is 7.18. The maximum absolute atomic E-state index is 13.3. The molecule has 196 valence electrons. The van der Waals surface area contributed by atoms with E-state index in [1.165, 1.54) is 16.9 Å². The Morgan fingerprint density at radius 3 is 2.56 bits per heavy atom. The fraction of sp³-hybridized carbons (Fsp3) is 0.577. The number of hydrogen-bond donors (Lipinski definition) is 3. The summed E-state index contributed by atoms with van der Waals surface area (Å²) >= 11 is 1.46. The molecule has 1 saturated carbocycles. The van der Waals surface area contributed by atoms with Gasteiger partial charge in [-0.3, -0.25) is 9.59 Å². The van der Waals surface area contributed by atoms with E-state index in [0.717, 1.165) is 42.3 Å². The molecule has 0 radical (unpaired) electrons. The Labute approximate surface area is 217 Å². The van der Waals surface area contributed by atoms with Crippen LogP contribution in [-0.4, -0.2) is 37.3 Å². The van der Waals surface area contributed by atoms with Crippen molar-refractivity contribution in [1.82, 2.24) is 15.0 Å². The molecule has 0 spiro atoms. The van der Waals surface area contributed by atoms with Gasteiger partial charge in [0.2, 0.25) is 11.8 Å². The number of terminal acetylenes is 1. The molecule has 36 heavy (non-hydrogen) atoms. The molecule has 1 aliphatic carbocycles. The highest BCUT2D eigenvalue weighted by atomic mass is 32.2. The first-order valence-corrected chi connectivity index (χ1v) is 14.8. The van der Waals surface area contributed by atoms with Gasteiger partial charge in [-0.25, -0.2) is 9.71 Å². The number of fused-ring (bicyclic) bond motifs is 1. The molecule has 1 aromatic carbocycles. The zero-order valence-electron chi connectivity index (χ0n) is 21.2. The third-order valence-corrected chi connectivity index (χ3v) is 9.05. The van der Waals surface area contributed by atoms with E-state index in [1.807, 2.05) is 12.1 Å². The molecular formula is C26H36N4O4S2. The van der Waals surface area contributed by atoms with Crippen molar-refractivity contribution in [2.45, 2.75) is 77.2 Å². The quantitative estimate of drug-likeness (QED) is 0.382. The minimum Gasteiger partial charge on any atom is -0.368 e. The van der Waals surface area contributed by atoms with Gasteiger partial charge in [-0.15, -0.1) is 17.8 Å². The summed E-state index contributed by atoms with van der Waals surface area (Å²) in [5, 5.41) is 5.34. The lowest BCUT2D eigenvalue weighted by Gasteiger charge is -2.43. The second kappa shape index (κ2) is 11.7. The van der Waals surface area contributed by atoms with E-state index in [9.17, 15) is 18.0 Å². The van der Waals surface area contributed by atoms with Gasteiger partial charge in [0.05, 0.1) is 15.2 Å². The van der Waals surface area contributed by atoms with E-state index >= 15 is 0 Å². The standard InChI is InChI=1S/C26H36N4O4S2/c1-5-23(31)30-26(25(27)32,15-24-29-21-13-12-19(17(3)4)14-22(21)35-24)20(16-28-36(33,34)6-2)18-10-8-7-9-11-18/h2,12-14,17-18,20,28H,5,7-11,15-16H2,1,3-4H3,(H2,27,32)(H,30,31)/t20-,26?/m1/s1. The number of thiazole rings is 1. The van der Waals surface area contributed by atoms with Gasteiger partial charge in [0.25, 0.3) is 10.0 Å². The van der Waals surface area contributed by atoms with Crippen LogP contribution >= 0.6 is 11.3 Å². The Morgan fingerprint density at radius 1 is 1.28 bits per heavy atom. The fourth-order valence-corrected chi connectivity index (χ4v) is 6.71. The van der Waals surface area contributed by atoms with Crippen molar-refractivity contribution in [3.63, 3.8) is 0 Å². The summed E-state index contributed by atoms with van der Waals surface area (Å²) in [6, 6.07) is 6.09. The van der Waals surface area contributed by atoms with E-state index in [0.29, 0.717) is 10.9 Å². The Morgan fingerprint density at radius 2 is 1.97 bits per heavy atom. The number of sulfonamides is 1. The van der Waals surface area contributed by atoms with E-state index in [2.05, 4.69) is 30.0 Å². The molecule has 0 aliphatic heterocycles. The Kier molecular flexibility index (Phi) is 9.14. The average molecular weight is 533 g/mol. The highest BCUT2D eigenvalue weighted by Gasteiger charge is 2.49. The van der Waals surface area contributed by atoms with Crippen LogP contribution in [0, 0.1) is 23.5 Å². The van der Waals surface area contributed by atoms with Gasteiger partial charge in [0, 0.05) is 30.6 Å². The molecule has 2 atom stereocenters. The van der Waals surface area contributed by atoms with Gasteiger partial charge in [0.1, 0.15) is 5.54 Å². The smallest absolute Gasteiger partial charge is 0.280 e. The summed E-state index contributed by atoms with van der Waals surface area (Å²) in [5.41, 5.74) is 6.53. The molecule has 1 fully saturated rings. The molecule has 4 N–H and O–H groups in total. The van der Waals surface area contributed by atoms with Crippen molar-refractivity contribution < 1.29 is 18.0 Å². The normalized spacial score (nSPS) is 17.4. The third kappa shape index (κ3) is 6.44. The summed E-state index contributed by atoms with van der Waals surface area (Å²) < 4.78 is 27.8. The topological polar surface area (TPSA) is 131 Å². The number of nitrogens with zero attached hydrogens (tertiary/aromatic N) is 1. The minimum absolute atomic E-state index is 0.0224. The number of nitrogens with two attached hydrogens (primary N) is 1. The molecule has 2 amide bonds. The Hall–Kier alpha value is -2.48. The number of hydrogen-bond acceptors (Lipinski definition) is 6. The first-order valence-electron chi connectivity index (χ1n) is 12.5. The highest BCUT2D eigenvalue weighted by molar-refractivity contribution is 7.94. The predicted molar refractivity (Wildman–Crippen MR) is 144 cm³/mol. The van der Waals surface area contributed by atoms with Crippen LogP contribution in [0.4, 0.5) is 0 Å². The van der Waals surface area contributed by atoms with E-state index in [1.54, 1.807) is 12.2 Å². The first kappa shape index (κ1) is 28.1. The number of aromatic nitrogens is 1. The van der Waals surface area contributed by atoms with E-state index in [4.69, 9.17) is 17.1 Å². The van der Waals surface area contributed by atoms with Gasteiger partial charge < -0.3 is 11.1 Å². The molecule has 0 saturated heterocycles. The minimum atomic E-state index is -3.98. The van der Waals surface area contributed by atoms with Crippen LogP contribution in [0.3, 0.4) is 0 Å². The maximum Gasteiger partial charge on any atom is 0.280 e. The van der Waals surface area contributed by atoms with Crippen LogP contribution in [-0.2, 0) is 26.0 Å². The van der Waals surface area contributed by atoms with Crippen molar-refractivity contribution in [2.24, 2.45) is 17.6 Å². The van der Waals surface area contributed by atoms with Crippen LogP contribution in [0.5, 0.6) is 0 Å². The van der Waals surface area contributed by atoms with Crippen molar-refractivity contribution in [3.05, 3.63) is 28.8 Å². The number of rotatable bonds is 11. The summed E-state index contributed by atoms with van der Waals surface area (Å²) in [7, 11) is -3.98. The average Bonchev–Trinajstić information content (AvgIpc) is 3.25. The SMILES string of the molecule is C#CS(=O)(=O)NC[C@H](C1CCCCC1)C(Cc1nc2ccc(C(C)C)cc2s1)(NC(=O)CC)C(N)=O. The molecular weight excluding hydrogens is 496 g/mol. The van der Waals surface area contributed by atoms with Gasteiger partial charge in [-0.05, 0) is 29.5 Å². The lowest BCUT2D eigenvalue weighted by Crippen LogP contribution is -2.66. The summed E-state index contributed by atoms with van der Waals surface area (Å²) in [6.45, 7) is 5.83. The molecule has 1 unspecified atom stereocenters. The van der Waals surface area contributed by atoms with Gasteiger partial charge in [-0.1, -0.05) is 58.9 Å². The first-order chi connectivity index (χ1) is 17.0.